The number of nitrogens with one attached hydrogen (secondary N) is 4. The van der Waals surface area contributed by atoms with Gasteiger partial charge in [-0.2, -0.15) is 0 Å². The van der Waals surface area contributed by atoms with Gasteiger partial charge in [0.2, 0.25) is 17.7 Å². The summed E-state index contributed by atoms with van der Waals surface area (Å²) >= 11 is 0. The SMILES string of the molecule is CCC(=O)Nc1cccc(NC(=O)CNc2cccc(NC(=O)C(C)C)c2)c1C. The molecule has 0 heterocycles. The molecule has 0 spiro atoms. The van der Waals surface area contributed by atoms with Gasteiger partial charge in [0, 0.05) is 35.1 Å². The summed E-state index contributed by atoms with van der Waals surface area (Å²) in [6, 6.07) is 12.6. The highest BCUT2D eigenvalue weighted by atomic mass is 16.2. The van der Waals surface area contributed by atoms with Gasteiger partial charge in [-0.25, -0.2) is 0 Å². The fourth-order valence-corrected chi connectivity index (χ4v) is 2.52. The van der Waals surface area contributed by atoms with Crippen molar-refractivity contribution in [2.45, 2.75) is 34.1 Å². The molecule has 2 aromatic carbocycles. The Hall–Kier alpha value is -3.35. The molecule has 154 valence electrons. The molecule has 0 aliphatic carbocycles. The molecule has 3 amide bonds. The zero-order valence-corrected chi connectivity index (χ0v) is 17.3. The summed E-state index contributed by atoms with van der Waals surface area (Å²) in [5, 5.41) is 11.6. The van der Waals surface area contributed by atoms with Crippen LogP contribution in [0.1, 0.15) is 32.8 Å². The van der Waals surface area contributed by atoms with Crippen molar-refractivity contribution in [2.75, 3.05) is 27.8 Å². The van der Waals surface area contributed by atoms with Crippen LogP contribution in [-0.2, 0) is 14.4 Å². The van der Waals surface area contributed by atoms with Gasteiger partial charge in [-0.15, -0.1) is 0 Å². The van der Waals surface area contributed by atoms with Crippen LogP contribution in [0.25, 0.3) is 0 Å². The summed E-state index contributed by atoms with van der Waals surface area (Å²) in [5.74, 6) is -0.477. The van der Waals surface area contributed by atoms with Crippen LogP contribution in [0.5, 0.6) is 0 Å². The third kappa shape index (κ3) is 6.64. The quantitative estimate of drug-likeness (QED) is 0.542. The topological polar surface area (TPSA) is 99.3 Å². The van der Waals surface area contributed by atoms with Crippen molar-refractivity contribution in [3.63, 3.8) is 0 Å². The third-order valence-electron chi connectivity index (χ3n) is 4.31. The summed E-state index contributed by atoms with van der Waals surface area (Å²) in [5.41, 5.74) is 3.51. The standard InChI is InChI=1S/C22H28N4O3/c1-5-20(27)25-18-10-7-11-19(15(18)4)26-21(28)13-23-16-8-6-9-17(12-16)24-22(29)14(2)3/h6-12,14,23H,5,13H2,1-4H3,(H,24,29)(H,25,27)(H,26,28). The number of carbonyl (C=O) groups is 3. The average molecular weight is 396 g/mol. The van der Waals surface area contributed by atoms with Gasteiger partial charge >= 0.3 is 0 Å². The zero-order valence-electron chi connectivity index (χ0n) is 17.3. The molecule has 7 heteroatoms. The normalized spacial score (nSPS) is 10.4. The van der Waals surface area contributed by atoms with Crippen molar-refractivity contribution in [1.29, 1.82) is 0 Å². The minimum atomic E-state index is -0.219. The summed E-state index contributed by atoms with van der Waals surface area (Å²) in [6.45, 7) is 7.34. The van der Waals surface area contributed by atoms with Crippen LogP contribution in [0, 0.1) is 12.8 Å². The van der Waals surface area contributed by atoms with Crippen LogP contribution in [0.2, 0.25) is 0 Å². The molecular weight excluding hydrogens is 368 g/mol. The smallest absolute Gasteiger partial charge is 0.243 e. The molecule has 0 unspecified atom stereocenters. The van der Waals surface area contributed by atoms with E-state index in [2.05, 4.69) is 21.3 Å². The molecule has 7 nitrogen and oxygen atoms in total. The Morgan fingerprint density at radius 3 is 2.07 bits per heavy atom. The highest BCUT2D eigenvalue weighted by molar-refractivity contribution is 5.97. The molecule has 0 aliphatic rings. The van der Waals surface area contributed by atoms with Crippen LogP contribution in [0.4, 0.5) is 22.7 Å². The second-order valence-corrected chi connectivity index (χ2v) is 7.01. The van der Waals surface area contributed by atoms with Crippen molar-refractivity contribution in [2.24, 2.45) is 5.92 Å². The van der Waals surface area contributed by atoms with Crippen molar-refractivity contribution in [3.05, 3.63) is 48.0 Å². The maximum Gasteiger partial charge on any atom is 0.243 e. The van der Waals surface area contributed by atoms with E-state index in [1.54, 1.807) is 43.3 Å². The van der Waals surface area contributed by atoms with Gasteiger partial charge in [0.1, 0.15) is 0 Å². The van der Waals surface area contributed by atoms with Gasteiger partial charge in [0.15, 0.2) is 0 Å². The molecule has 0 aromatic heterocycles. The lowest BCUT2D eigenvalue weighted by molar-refractivity contribution is -0.119. The molecule has 0 saturated heterocycles. The van der Waals surface area contributed by atoms with E-state index in [0.29, 0.717) is 23.5 Å². The van der Waals surface area contributed by atoms with Gasteiger partial charge in [0.25, 0.3) is 0 Å². The second-order valence-electron chi connectivity index (χ2n) is 7.01. The largest absolute Gasteiger partial charge is 0.376 e. The molecule has 4 N–H and O–H groups in total. The minimum Gasteiger partial charge on any atom is -0.376 e. The Morgan fingerprint density at radius 2 is 1.45 bits per heavy atom. The number of hydrogen-bond donors (Lipinski definition) is 4. The Morgan fingerprint density at radius 1 is 0.862 bits per heavy atom. The Balaban J connectivity index is 1.96. The van der Waals surface area contributed by atoms with Gasteiger partial charge in [-0.05, 0) is 42.8 Å². The van der Waals surface area contributed by atoms with Gasteiger partial charge in [-0.3, -0.25) is 14.4 Å². The van der Waals surface area contributed by atoms with Crippen molar-refractivity contribution in [3.8, 4) is 0 Å². The highest BCUT2D eigenvalue weighted by Crippen LogP contribution is 2.23. The fraction of sp³-hybridized carbons (Fsp3) is 0.318. The second kappa shape index (κ2) is 10.3. The summed E-state index contributed by atoms with van der Waals surface area (Å²) in [4.78, 5) is 35.8. The van der Waals surface area contributed by atoms with Crippen LogP contribution < -0.4 is 21.3 Å². The van der Waals surface area contributed by atoms with Crippen molar-refractivity contribution >= 4 is 40.5 Å². The third-order valence-corrected chi connectivity index (χ3v) is 4.31. The first-order valence-electron chi connectivity index (χ1n) is 9.64. The van der Waals surface area contributed by atoms with Gasteiger partial charge in [-0.1, -0.05) is 32.9 Å². The van der Waals surface area contributed by atoms with E-state index in [-0.39, 0.29) is 30.2 Å². The molecule has 0 saturated carbocycles. The zero-order chi connectivity index (χ0) is 21.4. The first kappa shape index (κ1) is 21.9. The number of amides is 3. The lowest BCUT2D eigenvalue weighted by Gasteiger charge is -2.14. The first-order chi connectivity index (χ1) is 13.8. The number of rotatable bonds is 8. The van der Waals surface area contributed by atoms with Gasteiger partial charge < -0.3 is 21.3 Å². The van der Waals surface area contributed by atoms with E-state index in [4.69, 9.17) is 0 Å². The Labute approximate surface area is 171 Å². The lowest BCUT2D eigenvalue weighted by atomic mass is 10.1. The molecule has 0 atom stereocenters. The summed E-state index contributed by atoms with van der Waals surface area (Å²) < 4.78 is 0. The molecular formula is C22H28N4O3. The fourth-order valence-electron chi connectivity index (χ4n) is 2.52. The van der Waals surface area contributed by atoms with Crippen LogP contribution in [-0.4, -0.2) is 24.3 Å². The molecule has 0 bridgehead atoms. The van der Waals surface area contributed by atoms with E-state index >= 15 is 0 Å². The molecule has 2 aromatic rings. The van der Waals surface area contributed by atoms with E-state index in [9.17, 15) is 14.4 Å². The number of benzene rings is 2. The van der Waals surface area contributed by atoms with E-state index in [1.165, 1.54) is 0 Å². The van der Waals surface area contributed by atoms with Crippen LogP contribution in [0.3, 0.4) is 0 Å². The van der Waals surface area contributed by atoms with E-state index in [0.717, 1.165) is 11.3 Å². The first-order valence-corrected chi connectivity index (χ1v) is 9.64. The van der Waals surface area contributed by atoms with Crippen LogP contribution in [0.15, 0.2) is 42.5 Å². The predicted molar refractivity (Wildman–Crippen MR) is 117 cm³/mol. The van der Waals surface area contributed by atoms with E-state index in [1.807, 2.05) is 26.8 Å². The maximum atomic E-state index is 12.3. The monoisotopic (exact) mass is 396 g/mol. The number of anilines is 4. The lowest BCUT2D eigenvalue weighted by Crippen LogP contribution is -2.22. The van der Waals surface area contributed by atoms with E-state index < -0.39 is 0 Å². The molecule has 0 aliphatic heterocycles. The summed E-state index contributed by atoms with van der Waals surface area (Å²) in [7, 11) is 0. The number of hydrogen-bond acceptors (Lipinski definition) is 4. The van der Waals surface area contributed by atoms with Crippen molar-refractivity contribution in [1.82, 2.24) is 0 Å². The molecule has 0 fully saturated rings. The predicted octanol–water partition coefficient (Wildman–Crippen LogP) is 3.99. The Kier molecular flexibility index (Phi) is 7.77. The van der Waals surface area contributed by atoms with Crippen LogP contribution >= 0.6 is 0 Å². The highest BCUT2D eigenvalue weighted by Gasteiger charge is 2.10. The number of carbonyl (C=O) groups excluding carboxylic acids is 3. The molecule has 2 rings (SSSR count). The van der Waals surface area contributed by atoms with Crippen molar-refractivity contribution < 1.29 is 14.4 Å². The maximum absolute atomic E-state index is 12.3. The Bertz CT molecular complexity index is 893. The average Bonchev–Trinajstić information content (AvgIpc) is 2.69. The molecule has 29 heavy (non-hydrogen) atoms. The van der Waals surface area contributed by atoms with Gasteiger partial charge in [0.05, 0.1) is 6.54 Å². The molecule has 0 radical (unpaired) electrons. The minimum absolute atomic E-state index is 0.0621. The summed E-state index contributed by atoms with van der Waals surface area (Å²) in [6.07, 6.45) is 0.386.